The highest BCUT2D eigenvalue weighted by molar-refractivity contribution is 5.75. The molecule has 0 aliphatic carbocycles. The number of hydrogen-bond donors (Lipinski definition) is 3. The van der Waals surface area contributed by atoms with Crippen LogP contribution in [0.1, 0.15) is 50.6 Å². The second-order valence-corrected chi connectivity index (χ2v) is 6.44. The molecule has 0 spiro atoms. The van der Waals surface area contributed by atoms with E-state index in [2.05, 4.69) is 5.32 Å². The summed E-state index contributed by atoms with van der Waals surface area (Å²) in [7, 11) is 0. The Balaban J connectivity index is 1.70. The van der Waals surface area contributed by atoms with Gasteiger partial charge in [0.25, 0.3) is 0 Å². The predicted molar refractivity (Wildman–Crippen MR) is 91.5 cm³/mol. The molecule has 2 rings (SSSR count). The summed E-state index contributed by atoms with van der Waals surface area (Å²) >= 11 is 0. The van der Waals surface area contributed by atoms with Gasteiger partial charge in [0.2, 0.25) is 5.91 Å². The summed E-state index contributed by atoms with van der Waals surface area (Å²) in [4.78, 5) is 25.2. The molecule has 6 heteroatoms. The maximum Gasteiger partial charge on any atom is 0.317 e. The highest BCUT2D eigenvalue weighted by atomic mass is 16.5. The SMILES string of the molecule is C[C@H](NC(=O)N1CCC(CCCC(=O)NO)CC1)c1ccccc1. The highest BCUT2D eigenvalue weighted by Crippen LogP contribution is 2.23. The smallest absolute Gasteiger partial charge is 0.317 e. The number of benzene rings is 1. The number of piperidine rings is 1. The van der Waals surface area contributed by atoms with E-state index in [1.165, 1.54) is 0 Å². The minimum absolute atomic E-state index is 0.00609. The minimum Gasteiger partial charge on any atom is -0.331 e. The molecule has 0 saturated carbocycles. The molecule has 0 unspecified atom stereocenters. The molecule has 1 heterocycles. The number of nitrogens with one attached hydrogen (secondary N) is 2. The molecular weight excluding hydrogens is 306 g/mol. The first-order chi connectivity index (χ1) is 11.6. The standard InChI is InChI=1S/C18H27N3O3/c1-14(16-7-3-2-4-8-16)19-18(23)21-12-10-15(11-13-21)6-5-9-17(22)20-24/h2-4,7-8,14-15,24H,5-6,9-13H2,1H3,(H,19,23)(H,20,22)/t14-/m0/s1. The molecule has 1 aromatic rings. The largest absolute Gasteiger partial charge is 0.331 e. The first kappa shape index (κ1) is 18.3. The van der Waals surface area contributed by atoms with Gasteiger partial charge in [0.1, 0.15) is 0 Å². The lowest BCUT2D eigenvalue weighted by molar-refractivity contribution is -0.129. The van der Waals surface area contributed by atoms with Crippen LogP contribution >= 0.6 is 0 Å². The topological polar surface area (TPSA) is 81.7 Å². The van der Waals surface area contributed by atoms with Crippen molar-refractivity contribution >= 4 is 11.9 Å². The van der Waals surface area contributed by atoms with Crippen molar-refractivity contribution in [2.45, 2.75) is 45.1 Å². The summed E-state index contributed by atoms with van der Waals surface area (Å²) in [6.07, 6.45) is 4.02. The third-order valence-electron chi connectivity index (χ3n) is 4.68. The number of carbonyl (C=O) groups is 2. The first-order valence-electron chi connectivity index (χ1n) is 8.63. The molecule has 1 fully saturated rings. The van der Waals surface area contributed by atoms with E-state index >= 15 is 0 Å². The fourth-order valence-electron chi connectivity index (χ4n) is 3.13. The van der Waals surface area contributed by atoms with Crippen molar-refractivity contribution in [2.24, 2.45) is 5.92 Å². The predicted octanol–water partition coefficient (Wildman–Crippen LogP) is 2.84. The second-order valence-electron chi connectivity index (χ2n) is 6.44. The van der Waals surface area contributed by atoms with Gasteiger partial charge in [-0.3, -0.25) is 10.0 Å². The maximum absolute atomic E-state index is 12.4. The Bertz CT molecular complexity index is 528. The number of amides is 3. The quantitative estimate of drug-likeness (QED) is 0.553. The van der Waals surface area contributed by atoms with Gasteiger partial charge in [-0.15, -0.1) is 0 Å². The van der Waals surface area contributed by atoms with Crippen LogP contribution in [0, 0.1) is 5.92 Å². The number of hydroxylamine groups is 1. The van der Waals surface area contributed by atoms with Crippen molar-refractivity contribution < 1.29 is 14.8 Å². The molecule has 1 aromatic carbocycles. The molecule has 3 N–H and O–H groups in total. The average Bonchev–Trinajstić information content (AvgIpc) is 2.62. The van der Waals surface area contributed by atoms with Crippen LogP contribution in [0.3, 0.4) is 0 Å². The Morgan fingerprint density at radius 1 is 1.25 bits per heavy atom. The Hall–Kier alpha value is -2.08. The molecular formula is C18H27N3O3. The molecule has 6 nitrogen and oxygen atoms in total. The van der Waals surface area contributed by atoms with Crippen LogP contribution in [0.2, 0.25) is 0 Å². The average molecular weight is 333 g/mol. The van der Waals surface area contributed by atoms with Gasteiger partial charge < -0.3 is 10.2 Å². The second kappa shape index (κ2) is 9.27. The van der Waals surface area contributed by atoms with Crippen molar-refractivity contribution in [3.05, 3.63) is 35.9 Å². The fourth-order valence-corrected chi connectivity index (χ4v) is 3.13. The Morgan fingerprint density at radius 3 is 2.54 bits per heavy atom. The van der Waals surface area contributed by atoms with Gasteiger partial charge in [-0.05, 0) is 44.1 Å². The summed E-state index contributed by atoms with van der Waals surface area (Å²) < 4.78 is 0. The van der Waals surface area contributed by atoms with Gasteiger partial charge in [0.15, 0.2) is 0 Å². The number of urea groups is 1. The maximum atomic E-state index is 12.4. The van der Waals surface area contributed by atoms with Gasteiger partial charge in [-0.25, -0.2) is 10.3 Å². The summed E-state index contributed by atoms with van der Waals surface area (Å²) in [6, 6.07) is 9.92. The lowest BCUT2D eigenvalue weighted by Crippen LogP contribution is -2.45. The summed E-state index contributed by atoms with van der Waals surface area (Å²) in [5.41, 5.74) is 2.76. The molecule has 132 valence electrons. The van der Waals surface area contributed by atoms with Crippen LogP contribution in [-0.2, 0) is 4.79 Å². The Morgan fingerprint density at radius 2 is 1.92 bits per heavy atom. The van der Waals surface area contributed by atoms with Crippen molar-refractivity contribution in [1.29, 1.82) is 0 Å². The summed E-state index contributed by atoms with van der Waals surface area (Å²) in [6.45, 7) is 3.50. The van der Waals surface area contributed by atoms with E-state index in [0.29, 0.717) is 12.3 Å². The zero-order valence-electron chi connectivity index (χ0n) is 14.2. The zero-order chi connectivity index (χ0) is 17.4. The molecule has 1 aliphatic rings. The lowest BCUT2D eigenvalue weighted by Gasteiger charge is -2.33. The molecule has 24 heavy (non-hydrogen) atoms. The van der Waals surface area contributed by atoms with E-state index in [4.69, 9.17) is 5.21 Å². The van der Waals surface area contributed by atoms with Crippen LogP contribution in [-0.4, -0.2) is 35.1 Å². The van der Waals surface area contributed by atoms with Crippen LogP contribution < -0.4 is 10.8 Å². The first-order valence-corrected chi connectivity index (χ1v) is 8.63. The van der Waals surface area contributed by atoms with E-state index in [1.54, 1.807) is 5.48 Å². The van der Waals surface area contributed by atoms with Gasteiger partial charge in [0, 0.05) is 19.5 Å². The van der Waals surface area contributed by atoms with Crippen LogP contribution in [0.15, 0.2) is 30.3 Å². The highest BCUT2D eigenvalue weighted by Gasteiger charge is 2.23. The lowest BCUT2D eigenvalue weighted by atomic mass is 9.91. The third-order valence-corrected chi connectivity index (χ3v) is 4.68. The van der Waals surface area contributed by atoms with Gasteiger partial charge in [-0.2, -0.15) is 0 Å². The fraction of sp³-hybridized carbons (Fsp3) is 0.556. The molecule has 1 atom stereocenters. The Labute approximate surface area is 143 Å². The monoisotopic (exact) mass is 333 g/mol. The van der Waals surface area contributed by atoms with Gasteiger partial charge in [-0.1, -0.05) is 30.3 Å². The zero-order valence-corrected chi connectivity index (χ0v) is 14.2. The minimum atomic E-state index is -0.332. The molecule has 0 bridgehead atoms. The van der Waals surface area contributed by atoms with E-state index in [0.717, 1.165) is 44.3 Å². The van der Waals surface area contributed by atoms with Crippen molar-refractivity contribution in [3.8, 4) is 0 Å². The van der Waals surface area contributed by atoms with Gasteiger partial charge in [0.05, 0.1) is 6.04 Å². The van der Waals surface area contributed by atoms with Crippen molar-refractivity contribution in [2.75, 3.05) is 13.1 Å². The van der Waals surface area contributed by atoms with Gasteiger partial charge >= 0.3 is 6.03 Å². The van der Waals surface area contributed by atoms with E-state index < -0.39 is 0 Å². The Kier molecular flexibility index (Phi) is 7.06. The molecule has 0 radical (unpaired) electrons. The third kappa shape index (κ3) is 5.53. The number of carbonyl (C=O) groups excluding carboxylic acids is 2. The number of likely N-dealkylation sites (tertiary alicyclic amines) is 1. The summed E-state index contributed by atoms with van der Waals surface area (Å²) in [5, 5.41) is 11.5. The number of rotatable bonds is 6. The number of nitrogens with zero attached hydrogens (tertiary/aromatic N) is 1. The van der Waals surface area contributed by atoms with Crippen LogP contribution in [0.4, 0.5) is 4.79 Å². The van der Waals surface area contributed by atoms with Crippen molar-refractivity contribution in [1.82, 2.24) is 15.7 Å². The molecule has 1 saturated heterocycles. The molecule has 3 amide bonds. The van der Waals surface area contributed by atoms with Crippen LogP contribution in [0.5, 0.6) is 0 Å². The normalized spacial score (nSPS) is 16.5. The van der Waals surface area contributed by atoms with Crippen molar-refractivity contribution in [3.63, 3.8) is 0 Å². The van der Waals surface area contributed by atoms with E-state index in [9.17, 15) is 9.59 Å². The summed E-state index contributed by atoms with van der Waals surface area (Å²) in [5.74, 6) is 0.216. The molecule has 0 aromatic heterocycles. The number of hydrogen-bond acceptors (Lipinski definition) is 3. The van der Waals surface area contributed by atoms with E-state index in [1.807, 2.05) is 42.2 Å². The van der Waals surface area contributed by atoms with Crippen LogP contribution in [0.25, 0.3) is 0 Å². The molecule has 1 aliphatic heterocycles. The van der Waals surface area contributed by atoms with E-state index in [-0.39, 0.29) is 18.0 Å².